The van der Waals surface area contributed by atoms with Crippen LogP contribution in [0.2, 0.25) is 5.02 Å². The zero-order valence-corrected chi connectivity index (χ0v) is 18.6. The highest BCUT2D eigenvalue weighted by atomic mass is 35.5. The lowest BCUT2D eigenvalue weighted by atomic mass is 10.3. The minimum atomic E-state index is -0.312. The third kappa shape index (κ3) is 4.04. The second-order valence-corrected chi connectivity index (χ2v) is 8.18. The van der Waals surface area contributed by atoms with Crippen LogP contribution in [-0.2, 0) is 4.79 Å². The van der Waals surface area contributed by atoms with Crippen molar-refractivity contribution in [1.82, 2.24) is 24.6 Å². The van der Waals surface area contributed by atoms with Crippen LogP contribution in [0.25, 0.3) is 16.7 Å². The molecule has 0 unspecified atom stereocenters. The number of nitrogens with one attached hydrogen (secondary N) is 2. The van der Waals surface area contributed by atoms with E-state index in [9.17, 15) is 4.79 Å². The lowest BCUT2D eigenvalue weighted by Gasteiger charge is -2.24. The second kappa shape index (κ2) is 9.00. The molecule has 154 valence electrons. The summed E-state index contributed by atoms with van der Waals surface area (Å²) in [6.45, 7) is 9.11. The zero-order chi connectivity index (χ0) is 21.1. The van der Waals surface area contributed by atoms with E-state index in [2.05, 4.69) is 15.2 Å². The predicted molar refractivity (Wildman–Crippen MR) is 117 cm³/mol. The van der Waals surface area contributed by atoms with Gasteiger partial charge < -0.3 is 4.90 Å². The molecular weight excluding hydrogens is 408 g/mol. The van der Waals surface area contributed by atoms with Crippen LogP contribution in [0, 0.1) is 12.3 Å². The lowest BCUT2D eigenvalue weighted by molar-refractivity contribution is -0.130. The van der Waals surface area contributed by atoms with Crippen LogP contribution in [-0.4, -0.2) is 48.9 Å². The SMILES string of the molecule is CC[C@H](Sc1nc2n[nH]c(C)c2c(=N)n1-c1ccccc1Cl)C(=O)N(CC)CC. The summed E-state index contributed by atoms with van der Waals surface area (Å²) in [6.07, 6.45) is 0.648. The predicted octanol–water partition coefficient (Wildman–Crippen LogP) is 3.93. The molecule has 1 aromatic carbocycles. The average molecular weight is 433 g/mol. The lowest BCUT2D eigenvalue weighted by Crippen LogP contribution is -2.37. The second-order valence-electron chi connectivity index (χ2n) is 6.60. The molecule has 0 aliphatic carbocycles. The van der Waals surface area contributed by atoms with E-state index in [1.807, 2.05) is 50.8 Å². The summed E-state index contributed by atoms with van der Waals surface area (Å²) in [7, 11) is 0. The van der Waals surface area contributed by atoms with Gasteiger partial charge in [-0.25, -0.2) is 4.98 Å². The number of hydrogen-bond acceptors (Lipinski definition) is 5. The van der Waals surface area contributed by atoms with Crippen molar-refractivity contribution in [3.8, 4) is 5.69 Å². The fourth-order valence-electron chi connectivity index (χ4n) is 3.24. The maximum Gasteiger partial charge on any atom is 0.236 e. The fourth-order valence-corrected chi connectivity index (χ4v) is 4.56. The summed E-state index contributed by atoms with van der Waals surface area (Å²) >= 11 is 7.81. The first kappa shape index (κ1) is 21.4. The highest BCUT2D eigenvalue weighted by molar-refractivity contribution is 8.00. The van der Waals surface area contributed by atoms with Gasteiger partial charge in [-0.1, -0.05) is 42.4 Å². The number of H-pyrrole nitrogens is 1. The third-order valence-corrected chi connectivity index (χ3v) is 6.47. The monoisotopic (exact) mass is 432 g/mol. The molecule has 1 amide bonds. The summed E-state index contributed by atoms with van der Waals surface area (Å²) in [4.78, 5) is 19.5. The Morgan fingerprint density at radius 3 is 2.62 bits per heavy atom. The van der Waals surface area contributed by atoms with Crippen LogP contribution in [0.3, 0.4) is 0 Å². The van der Waals surface area contributed by atoms with Crippen molar-refractivity contribution in [3.05, 3.63) is 40.5 Å². The van der Waals surface area contributed by atoms with Gasteiger partial charge in [0.15, 0.2) is 10.8 Å². The van der Waals surface area contributed by atoms with Gasteiger partial charge in [0, 0.05) is 18.8 Å². The van der Waals surface area contributed by atoms with Crippen LogP contribution < -0.4 is 5.49 Å². The first-order valence-corrected chi connectivity index (χ1v) is 10.9. The fraction of sp³-hybridized carbons (Fsp3) is 0.400. The summed E-state index contributed by atoms with van der Waals surface area (Å²) in [5.74, 6) is 0.0693. The average Bonchev–Trinajstić information content (AvgIpc) is 3.09. The number of aryl methyl sites for hydroxylation is 1. The maximum absolute atomic E-state index is 13.0. The molecule has 29 heavy (non-hydrogen) atoms. The van der Waals surface area contributed by atoms with E-state index >= 15 is 0 Å². The van der Waals surface area contributed by atoms with Gasteiger partial charge in [-0.15, -0.1) is 0 Å². The van der Waals surface area contributed by atoms with Crippen molar-refractivity contribution in [2.75, 3.05) is 13.1 Å². The number of rotatable bonds is 7. The van der Waals surface area contributed by atoms with Crippen molar-refractivity contribution in [2.24, 2.45) is 0 Å². The standard InChI is InChI=1S/C20H25ClN6OS/c1-5-15(19(28)26(6-2)7-3)29-20-23-18-16(12(4)24-25-18)17(22)27(20)14-11-9-8-10-13(14)21/h8-11,15,22H,5-7H2,1-4H3,(H,24,25)/t15-/m0/s1. The zero-order valence-electron chi connectivity index (χ0n) is 17.0. The van der Waals surface area contributed by atoms with Gasteiger partial charge in [-0.3, -0.25) is 19.9 Å². The Morgan fingerprint density at radius 1 is 1.31 bits per heavy atom. The number of halogens is 1. The molecule has 0 bridgehead atoms. The van der Waals surface area contributed by atoms with Crippen molar-refractivity contribution in [3.63, 3.8) is 0 Å². The number of thioether (sulfide) groups is 1. The summed E-state index contributed by atoms with van der Waals surface area (Å²) in [5, 5.41) is 17.3. The van der Waals surface area contributed by atoms with Crippen LogP contribution in [0.1, 0.15) is 32.9 Å². The third-order valence-electron chi connectivity index (χ3n) is 4.84. The molecule has 9 heteroatoms. The van der Waals surface area contributed by atoms with Crippen molar-refractivity contribution >= 4 is 40.3 Å². The number of amides is 1. The normalized spacial score (nSPS) is 12.3. The topological polar surface area (TPSA) is 90.7 Å². The molecule has 0 radical (unpaired) electrons. The number of nitrogens with zero attached hydrogens (tertiary/aromatic N) is 4. The Labute approximate surface area is 179 Å². The maximum atomic E-state index is 13.0. The van der Waals surface area contributed by atoms with E-state index < -0.39 is 0 Å². The Hall–Kier alpha value is -2.32. The van der Waals surface area contributed by atoms with E-state index in [-0.39, 0.29) is 16.6 Å². The van der Waals surface area contributed by atoms with E-state index in [1.54, 1.807) is 10.6 Å². The van der Waals surface area contributed by atoms with Crippen LogP contribution in [0.15, 0.2) is 29.4 Å². The van der Waals surface area contributed by atoms with Crippen LogP contribution >= 0.6 is 23.4 Å². The first-order valence-electron chi connectivity index (χ1n) is 9.65. The molecule has 0 spiro atoms. The summed E-state index contributed by atoms with van der Waals surface area (Å²) in [6, 6.07) is 7.34. The Morgan fingerprint density at radius 2 is 2.00 bits per heavy atom. The highest BCUT2D eigenvalue weighted by Gasteiger charge is 2.26. The van der Waals surface area contributed by atoms with Gasteiger partial charge in [0.2, 0.25) is 5.91 Å². The number of carbonyl (C=O) groups is 1. The molecule has 2 aromatic heterocycles. The van der Waals surface area contributed by atoms with E-state index in [0.29, 0.717) is 46.4 Å². The minimum Gasteiger partial charge on any atom is -0.342 e. The van der Waals surface area contributed by atoms with Gasteiger partial charge in [0.25, 0.3) is 0 Å². The van der Waals surface area contributed by atoms with E-state index in [0.717, 1.165) is 5.69 Å². The molecule has 3 rings (SSSR count). The molecule has 7 nitrogen and oxygen atoms in total. The van der Waals surface area contributed by atoms with Crippen molar-refractivity contribution in [1.29, 1.82) is 5.41 Å². The largest absolute Gasteiger partial charge is 0.342 e. The Balaban J connectivity index is 2.19. The summed E-state index contributed by atoms with van der Waals surface area (Å²) < 4.78 is 1.70. The number of benzene rings is 1. The first-order chi connectivity index (χ1) is 13.9. The number of aromatic nitrogens is 4. The van der Waals surface area contributed by atoms with Crippen molar-refractivity contribution < 1.29 is 4.79 Å². The minimum absolute atomic E-state index is 0.0693. The molecule has 0 aliphatic heterocycles. The van der Waals surface area contributed by atoms with Crippen LogP contribution in [0.5, 0.6) is 0 Å². The molecule has 3 aromatic rings. The highest BCUT2D eigenvalue weighted by Crippen LogP contribution is 2.30. The van der Waals surface area contributed by atoms with E-state index in [1.165, 1.54) is 11.8 Å². The van der Waals surface area contributed by atoms with Gasteiger partial charge in [-0.05, 0) is 39.3 Å². The van der Waals surface area contributed by atoms with Crippen LogP contribution in [0.4, 0.5) is 0 Å². The molecule has 2 heterocycles. The number of para-hydroxylation sites is 1. The van der Waals surface area contributed by atoms with Crippen molar-refractivity contribution in [2.45, 2.75) is 44.5 Å². The number of fused-ring (bicyclic) bond motifs is 1. The number of aromatic amines is 1. The van der Waals surface area contributed by atoms with Gasteiger partial charge in [-0.2, -0.15) is 5.10 Å². The molecule has 0 saturated carbocycles. The summed E-state index contributed by atoms with van der Waals surface area (Å²) in [5.41, 5.74) is 2.12. The molecular formula is C20H25ClN6OS. The number of carbonyl (C=O) groups excluding carboxylic acids is 1. The Bertz CT molecular complexity index is 1090. The molecule has 2 N–H and O–H groups in total. The number of hydrogen-bond donors (Lipinski definition) is 2. The Kier molecular flexibility index (Phi) is 6.64. The van der Waals surface area contributed by atoms with E-state index in [4.69, 9.17) is 17.0 Å². The molecule has 0 fully saturated rings. The van der Waals surface area contributed by atoms with Gasteiger partial charge in [0.1, 0.15) is 5.49 Å². The van der Waals surface area contributed by atoms with Gasteiger partial charge >= 0.3 is 0 Å². The quantitative estimate of drug-likeness (QED) is 0.437. The molecule has 1 atom stereocenters. The smallest absolute Gasteiger partial charge is 0.236 e. The van der Waals surface area contributed by atoms with Gasteiger partial charge in [0.05, 0.1) is 21.3 Å². The molecule has 0 saturated heterocycles. The molecule has 0 aliphatic rings.